The minimum absolute atomic E-state index is 0.749. The summed E-state index contributed by atoms with van der Waals surface area (Å²) in [5, 5.41) is 2.14. The van der Waals surface area contributed by atoms with Crippen LogP contribution in [-0.2, 0) is 7.05 Å². The van der Waals surface area contributed by atoms with Gasteiger partial charge in [-0.25, -0.2) is 4.57 Å². The van der Waals surface area contributed by atoms with Crippen molar-refractivity contribution >= 4 is 21.6 Å². The molecule has 2 nitrogen and oxygen atoms in total. The number of hydrogen-bond donors (Lipinski definition) is 0. The average molecular weight is 323 g/mol. The molecule has 3 aromatic rings. The summed E-state index contributed by atoms with van der Waals surface area (Å²) in [6, 6.07) is 6.99. The van der Waals surface area contributed by atoms with Gasteiger partial charge in [0.2, 0.25) is 0 Å². The Balaban J connectivity index is 1.96. The average Bonchev–Trinajstić information content (AvgIpc) is 3.21. The number of hydrogen-bond acceptors (Lipinski definition) is 2. The Labute approximate surface area is 141 Å². The molecule has 3 heteroatoms. The van der Waals surface area contributed by atoms with Gasteiger partial charge in [0, 0.05) is 11.6 Å². The summed E-state index contributed by atoms with van der Waals surface area (Å²) in [7, 11) is 2.11. The summed E-state index contributed by atoms with van der Waals surface area (Å²) in [5.41, 5.74) is 8.12. The summed E-state index contributed by atoms with van der Waals surface area (Å²) >= 11 is 1.79. The van der Waals surface area contributed by atoms with Crippen LogP contribution in [0.2, 0.25) is 0 Å². The van der Waals surface area contributed by atoms with E-state index in [4.69, 9.17) is 0 Å². The van der Waals surface area contributed by atoms with Crippen molar-refractivity contribution < 1.29 is 4.57 Å². The molecule has 0 saturated heterocycles. The summed E-state index contributed by atoms with van der Waals surface area (Å²) in [5.74, 6) is 0.749. The summed E-state index contributed by atoms with van der Waals surface area (Å²) in [6.45, 7) is 4.51. The van der Waals surface area contributed by atoms with Gasteiger partial charge in [-0.15, -0.1) is 11.3 Å². The number of rotatable bonds is 2. The Kier molecular flexibility index (Phi) is 3.68. The Hall–Kier alpha value is -1.74. The van der Waals surface area contributed by atoms with Crippen LogP contribution >= 0.6 is 11.3 Å². The van der Waals surface area contributed by atoms with Gasteiger partial charge in [0.05, 0.1) is 7.05 Å². The minimum Gasteiger partial charge on any atom is -0.231 e. The molecule has 1 saturated carbocycles. The van der Waals surface area contributed by atoms with E-state index in [1.54, 1.807) is 11.3 Å². The minimum atomic E-state index is 0.749. The monoisotopic (exact) mass is 323 g/mol. The van der Waals surface area contributed by atoms with E-state index in [2.05, 4.69) is 54.0 Å². The van der Waals surface area contributed by atoms with Crippen molar-refractivity contribution in [1.82, 2.24) is 4.98 Å². The fourth-order valence-corrected chi connectivity index (χ4v) is 4.83. The van der Waals surface area contributed by atoms with Crippen LogP contribution in [-0.4, -0.2) is 4.98 Å². The van der Waals surface area contributed by atoms with E-state index >= 15 is 0 Å². The van der Waals surface area contributed by atoms with Crippen LogP contribution < -0.4 is 4.57 Å². The lowest BCUT2D eigenvalue weighted by atomic mass is 9.90. The van der Waals surface area contributed by atoms with E-state index < -0.39 is 0 Å². The van der Waals surface area contributed by atoms with E-state index in [0.29, 0.717) is 0 Å². The molecule has 2 heterocycles. The second-order valence-corrected chi connectivity index (χ2v) is 7.75. The maximum atomic E-state index is 4.55. The Bertz CT molecular complexity index is 873. The lowest BCUT2D eigenvalue weighted by Gasteiger charge is -2.16. The van der Waals surface area contributed by atoms with Crippen molar-refractivity contribution in [2.45, 2.75) is 45.4 Å². The van der Waals surface area contributed by atoms with Gasteiger partial charge in [-0.2, -0.15) is 0 Å². The van der Waals surface area contributed by atoms with E-state index in [0.717, 1.165) is 11.4 Å². The highest BCUT2D eigenvalue weighted by molar-refractivity contribution is 7.17. The van der Waals surface area contributed by atoms with Crippen LogP contribution in [0.25, 0.3) is 21.5 Å². The first-order valence-corrected chi connectivity index (χ1v) is 9.36. The summed E-state index contributed by atoms with van der Waals surface area (Å²) < 4.78 is 3.47. The number of nitrogens with zero attached hydrogens (tertiary/aromatic N) is 2. The van der Waals surface area contributed by atoms with Crippen LogP contribution in [0.3, 0.4) is 0 Å². The van der Waals surface area contributed by atoms with E-state index in [9.17, 15) is 0 Å². The van der Waals surface area contributed by atoms with E-state index in [-0.39, 0.29) is 0 Å². The summed E-state index contributed by atoms with van der Waals surface area (Å²) in [4.78, 5) is 4.55. The highest BCUT2D eigenvalue weighted by atomic mass is 32.1. The molecule has 0 N–H and O–H groups in total. The van der Waals surface area contributed by atoms with Crippen LogP contribution in [0.4, 0.5) is 0 Å². The maximum Gasteiger partial charge on any atom is 0.287 e. The predicted molar refractivity (Wildman–Crippen MR) is 96.9 cm³/mol. The molecule has 0 aliphatic heterocycles. The molecule has 118 valence electrons. The number of aryl methyl sites for hydroxylation is 2. The van der Waals surface area contributed by atoms with Gasteiger partial charge in [-0.3, -0.25) is 0 Å². The number of fused-ring (bicyclic) bond motifs is 1. The zero-order valence-corrected chi connectivity index (χ0v) is 14.9. The first-order chi connectivity index (χ1) is 11.1. The molecular formula is C20H23N2S+. The second-order valence-electron chi connectivity index (χ2n) is 6.83. The third kappa shape index (κ3) is 2.47. The highest BCUT2D eigenvalue weighted by Crippen LogP contribution is 2.38. The molecule has 0 radical (unpaired) electrons. The topological polar surface area (TPSA) is 16.8 Å². The van der Waals surface area contributed by atoms with Gasteiger partial charge in [0.15, 0.2) is 11.2 Å². The Morgan fingerprint density at radius 2 is 1.96 bits per heavy atom. The Morgan fingerprint density at radius 3 is 2.74 bits per heavy atom. The van der Waals surface area contributed by atoms with Crippen molar-refractivity contribution in [2.24, 2.45) is 7.05 Å². The Morgan fingerprint density at radius 1 is 1.17 bits per heavy atom. The van der Waals surface area contributed by atoms with Gasteiger partial charge in [0.1, 0.15) is 4.70 Å². The standard InChI is InChI=1S/C20H23N2S/c1-13-10-16(15-6-4-5-7-15)11-17(14(13)2)19-20-18(8-9-23-20)21-12-22(19)3/h8-12,15H,4-7H2,1-3H3/q+1. The van der Waals surface area contributed by atoms with Gasteiger partial charge in [0.25, 0.3) is 6.33 Å². The van der Waals surface area contributed by atoms with Crippen LogP contribution in [0.5, 0.6) is 0 Å². The third-order valence-electron chi connectivity index (χ3n) is 5.35. The lowest BCUT2D eigenvalue weighted by molar-refractivity contribution is -0.662. The number of aromatic nitrogens is 2. The molecule has 0 atom stereocenters. The second kappa shape index (κ2) is 5.72. The molecule has 0 spiro atoms. The fourth-order valence-electron chi connectivity index (χ4n) is 3.89. The van der Waals surface area contributed by atoms with Gasteiger partial charge < -0.3 is 0 Å². The van der Waals surface area contributed by atoms with Crippen LogP contribution in [0.15, 0.2) is 29.9 Å². The molecule has 0 unspecified atom stereocenters. The normalized spacial score (nSPS) is 15.6. The molecule has 1 fully saturated rings. The maximum absolute atomic E-state index is 4.55. The van der Waals surface area contributed by atoms with Crippen molar-refractivity contribution in [1.29, 1.82) is 0 Å². The van der Waals surface area contributed by atoms with Crippen molar-refractivity contribution in [3.05, 3.63) is 46.6 Å². The number of thiophene rings is 1. The molecule has 4 rings (SSSR count). The fraction of sp³-hybridized carbons (Fsp3) is 0.400. The van der Waals surface area contributed by atoms with Gasteiger partial charge >= 0.3 is 0 Å². The van der Waals surface area contributed by atoms with E-state index in [1.807, 2.05) is 6.33 Å². The first kappa shape index (κ1) is 14.8. The largest absolute Gasteiger partial charge is 0.287 e. The van der Waals surface area contributed by atoms with Crippen molar-refractivity contribution in [3.8, 4) is 11.3 Å². The van der Waals surface area contributed by atoms with Gasteiger partial charge in [-0.05, 0) is 65.7 Å². The van der Waals surface area contributed by atoms with Crippen LogP contribution in [0.1, 0.15) is 48.3 Å². The molecule has 23 heavy (non-hydrogen) atoms. The zero-order chi connectivity index (χ0) is 16.0. The lowest BCUT2D eigenvalue weighted by Crippen LogP contribution is -2.31. The molecular weight excluding hydrogens is 300 g/mol. The molecule has 0 bridgehead atoms. The first-order valence-electron chi connectivity index (χ1n) is 8.48. The van der Waals surface area contributed by atoms with Gasteiger partial charge in [-0.1, -0.05) is 18.9 Å². The van der Waals surface area contributed by atoms with Crippen LogP contribution in [0, 0.1) is 13.8 Å². The molecule has 1 aliphatic carbocycles. The third-order valence-corrected chi connectivity index (χ3v) is 6.26. The quantitative estimate of drug-likeness (QED) is 0.602. The highest BCUT2D eigenvalue weighted by Gasteiger charge is 2.22. The van der Waals surface area contributed by atoms with E-state index in [1.165, 1.54) is 58.3 Å². The summed E-state index contributed by atoms with van der Waals surface area (Å²) in [6.07, 6.45) is 7.40. The molecule has 1 aromatic carbocycles. The predicted octanol–water partition coefficient (Wildman–Crippen LogP) is 5.06. The number of benzene rings is 1. The molecule has 2 aromatic heterocycles. The SMILES string of the molecule is Cc1cc(C2CCCC2)cc(-c2c3sccc3nc[n+]2C)c1C. The zero-order valence-electron chi connectivity index (χ0n) is 14.1. The van der Waals surface area contributed by atoms with Crippen molar-refractivity contribution in [3.63, 3.8) is 0 Å². The molecule has 0 amide bonds. The molecule has 1 aliphatic rings. The van der Waals surface area contributed by atoms with Crippen molar-refractivity contribution in [2.75, 3.05) is 0 Å². The smallest absolute Gasteiger partial charge is 0.231 e.